The van der Waals surface area contributed by atoms with Crippen LogP contribution < -0.4 is 4.74 Å². The molecule has 11 heteroatoms. The summed E-state index contributed by atoms with van der Waals surface area (Å²) in [6.07, 6.45) is -9.74. The lowest BCUT2D eigenvalue weighted by molar-refractivity contribution is -0.143. The molecule has 40 heavy (non-hydrogen) atoms. The first-order chi connectivity index (χ1) is 18.3. The molecule has 1 unspecified atom stereocenters. The second-order valence-corrected chi connectivity index (χ2v) is 16.8. The summed E-state index contributed by atoms with van der Waals surface area (Å²) in [6, 6.07) is 8.74. The van der Waals surface area contributed by atoms with Crippen LogP contribution >= 0.6 is 0 Å². The van der Waals surface area contributed by atoms with Gasteiger partial charge in [-0.1, -0.05) is 39.0 Å². The van der Waals surface area contributed by atoms with Gasteiger partial charge in [-0.2, -0.15) is 26.3 Å². The Kier molecular flexibility index (Phi) is 9.11. The fourth-order valence-corrected chi connectivity index (χ4v) is 5.84. The molecule has 1 amide bonds. The molecule has 0 radical (unpaired) electrons. The zero-order chi connectivity index (χ0) is 30.1. The second kappa shape index (κ2) is 11.4. The second-order valence-electron chi connectivity index (χ2n) is 12.0. The molecule has 3 rings (SSSR count). The fourth-order valence-electron chi connectivity index (χ4n) is 4.80. The maximum Gasteiger partial charge on any atom is 0.416 e. The normalized spacial score (nSPS) is 18.9. The van der Waals surface area contributed by atoms with Crippen LogP contribution in [0.15, 0.2) is 42.5 Å². The van der Waals surface area contributed by atoms with Gasteiger partial charge in [-0.25, -0.2) is 0 Å². The number of amides is 1. The molecule has 1 aliphatic heterocycles. The molecule has 1 heterocycles. The van der Waals surface area contributed by atoms with Crippen LogP contribution in [0, 0.1) is 5.41 Å². The first-order valence-electron chi connectivity index (χ1n) is 13.1. The van der Waals surface area contributed by atoms with Crippen LogP contribution in [0.2, 0.25) is 18.1 Å². The molecule has 0 aromatic heterocycles. The predicted molar refractivity (Wildman–Crippen MR) is 143 cm³/mol. The fraction of sp³-hybridized carbons (Fsp3) is 0.552. The Hall–Kier alpha value is -2.53. The molecule has 0 saturated carbocycles. The highest BCUT2D eigenvalue weighted by Gasteiger charge is 2.48. The van der Waals surface area contributed by atoms with E-state index in [0.29, 0.717) is 12.3 Å². The molecule has 1 atom stereocenters. The Morgan fingerprint density at radius 2 is 1.52 bits per heavy atom. The van der Waals surface area contributed by atoms with Gasteiger partial charge in [-0.15, -0.1) is 0 Å². The third-order valence-corrected chi connectivity index (χ3v) is 12.7. The predicted octanol–water partition coefficient (Wildman–Crippen LogP) is 8.11. The van der Waals surface area contributed by atoms with Crippen molar-refractivity contribution in [1.29, 1.82) is 0 Å². The maximum absolute atomic E-state index is 13.9. The van der Waals surface area contributed by atoms with E-state index >= 15 is 0 Å². The van der Waals surface area contributed by atoms with E-state index in [0.717, 1.165) is 17.7 Å². The molecule has 4 nitrogen and oxygen atoms in total. The number of carbonyl (C=O) groups is 1. The highest BCUT2D eigenvalue weighted by molar-refractivity contribution is 6.74. The van der Waals surface area contributed by atoms with E-state index in [1.165, 1.54) is 7.11 Å². The molecule has 1 fully saturated rings. The zero-order valence-corrected chi connectivity index (χ0v) is 24.7. The van der Waals surface area contributed by atoms with Crippen molar-refractivity contribution >= 4 is 14.2 Å². The van der Waals surface area contributed by atoms with Crippen LogP contribution in [0.5, 0.6) is 5.75 Å². The minimum absolute atomic E-state index is 0.112. The first kappa shape index (κ1) is 32.0. The summed E-state index contributed by atoms with van der Waals surface area (Å²) in [5.41, 5.74) is -3.41. The van der Waals surface area contributed by atoms with Gasteiger partial charge >= 0.3 is 12.4 Å². The third-order valence-electron chi connectivity index (χ3n) is 8.19. The van der Waals surface area contributed by atoms with E-state index in [1.807, 2.05) is 19.2 Å². The van der Waals surface area contributed by atoms with Crippen molar-refractivity contribution < 1.29 is 40.3 Å². The Bertz CT molecular complexity index is 1170. The highest BCUT2D eigenvalue weighted by Crippen LogP contribution is 2.44. The third kappa shape index (κ3) is 7.21. The van der Waals surface area contributed by atoms with Crippen LogP contribution in [0.1, 0.15) is 55.9 Å². The smallest absolute Gasteiger partial charge is 0.416 e. The number of hydrogen-bond donors (Lipinski definition) is 0. The Labute approximate surface area is 232 Å². The largest absolute Gasteiger partial charge is 0.496 e. The summed E-state index contributed by atoms with van der Waals surface area (Å²) >= 11 is 0. The summed E-state index contributed by atoms with van der Waals surface area (Å²) in [7, 11) is -0.708. The SMILES string of the molecule is COc1ccccc1CN1CCC(CCO[Si](C)(C)C(C)(C)C)(Cc2cc(C(F)(F)F)cc(C(F)(F)F)c2)C1=O. The Morgan fingerprint density at radius 3 is 2.05 bits per heavy atom. The van der Waals surface area contributed by atoms with Gasteiger partial charge in [0.2, 0.25) is 5.91 Å². The number of halogens is 6. The van der Waals surface area contributed by atoms with Crippen molar-refractivity contribution in [2.75, 3.05) is 20.3 Å². The summed E-state index contributed by atoms with van der Waals surface area (Å²) in [5.74, 6) is 0.268. The van der Waals surface area contributed by atoms with Crippen LogP contribution in [0.4, 0.5) is 26.3 Å². The summed E-state index contributed by atoms with van der Waals surface area (Å²) < 4.78 is 93.1. The van der Waals surface area contributed by atoms with Gasteiger partial charge in [0.1, 0.15) is 5.75 Å². The topological polar surface area (TPSA) is 38.8 Å². The molecule has 1 aliphatic rings. The van der Waals surface area contributed by atoms with Crippen molar-refractivity contribution in [1.82, 2.24) is 4.90 Å². The van der Waals surface area contributed by atoms with Crippen molar-refractivity contribution in [2.24, 2.45) is 5.41 Å². The van der Waals surface area contributed by atoms with Gasteiger partial charge in [0.05, 0.1) is 23.7 Å². The van der Waals surface area contributed by atoms with Gasteiger partial charge < -0.3 is 14.1 Å². The Balaban J connectivity index is 1.99. The van der Waals surface area contributed by atoms with Crippen LogP contribution in [-0.2, 0) is 34.5 Å². The van der Waals surface area contributed by atoms with Gasteiger partial charge in [-0.3, -0.25) is 4.79 Å². The number of para-hydroxylation sites is 1. The summed E-state index contributed by atoms with van der Waals surface area (Å²) in [5, 5.41) is -0.113. The van der Waals surface area contributed by atoms with Crippen LogP contribution in [-0.4, -0.2) is 39.4 Å². The lowest BCUT2D eigenvalue weighted by Crippen LogP contribution is -2.43. The van der Waals surface area contributed by atoms with Gasteiger partial charge in [0, 0.05) is 25.3 Å². The number of rotatable bonds is 9. The number of likely N-dealkylation sites (tertiary alicyclic amines) is 1. The Morgan fingerprint density at radius 1 is 0.950 bits per heavy atom. The monoisotopic (exact) mass is 589 g/mol. The summed E-state index contributed by atoms with van der Waals surface area (Å²) in [6.45, 7) is 11.0. The average molecular weight is 590 g/mol. The quantitative estimate of drug-likeness (QED) is 0.219. The van der Waals surface area contributed by atoms with E-state index in [-0.39, 0.29) is 55.0 Å². The van der Waals surface area contributed by atoms with Gasteiger partial charge in [-0.05, 0) is 67.2 Å². The average Bonchev–Trinajstić information content (AvgIpc) is 3.12. The number of hydrogen-bond acceptors (Lipinski definition) is 3. The van der Waals surface area contributed by atoms with Crippen molar-refractivity contribution in [3.63, 3.8) is 0 Å². The molecule has 0 aliphatic carbocycles. The van der Waals surface area contributed by atoms with Gasteiger partial charge in [0.15, 0.2) is 8.32 Å². The zero-order valence-electron chi connectivity index (χ0n) is 23.7. The molecule has 0 bridgehead atoms. The lowest BCUT2D eigenvalue weighted by atomic mass is 9.77. The molecule has 0 spiro atoms. The van der Waals surface area contributed by atoms with Crippen molar-refractivity contribution in [3.8, 4) is 5.75 Å². The van der Waals surface area contributed by atoms with E-state index < -0.39 is 37.2 Å². The number of benzene rings is 2. The van der Waals surface area contributed by atoms with Crippen molar-refractivity contribution in [3.05, 3.63) is 64.7 Å². The highest BCUT2D eigenvalue weighted by atomic mass is 28.4. The molecule has 2 aromatic rings. The molecule has 1 saturated heterocycles. The van der Waals surface area contributed by atoms with Crippen molar-refractivity contribution in [2.45, 2.75) is 77.1 Å². The first-order valence-corrected chi connectivity index (χ1v) is 16.0. The molecular formula is C29H37F6NO3Si. The van der Waals surface area contributed by atoms with E-state index in [4.69, 9.17) is 9.16 Å². The number of ether oxygens (including phenoxy) is 1. The molecule has 222 valence electrons. The maximum atomic E-state index is 13.9. The minimum atomic E-state index is -4.97. The van der Waals surface area contributed by atoms with Gasteiger partial charge in [0.25, 0.3) is 0 Å². The number of alkyl halides is 6. The molecular weight excluding hydrogens is 552 g/mol. The van der Waals surface area contributed by atoms with Crippen LogP contribution in [0.3, 0.4) is 0 Å². The van der Waals surface area contributed by atoms with E-state index in [1.54, 1.807) is 23.1 Å². The standard InChI is InChI=1S/C29H37F6NO3Si/c1-26(2,3)40(5,6)39-14-12-27(11-13-36(25(27)37)19-21-9-7-8-10-24(21)38-4)18-20-15-22(28(30,31)32)17-23(16-20)29(33,34)35/h7-10,15-17H,11-14,18-19H2,1-6H3. The summed E-state index contributed by atoms with van der Waals surface area (Å²) in [4.78, 5) is 15.5. The lowest BCUT2D eigenvalue weighted by Gasteiger charge is -2.37. The molecule has 0 N–H and O–H groups in total. The number of nitrogens with zero attached hydrogens (tertiary/aromatic N) is 1. The number of carbonyl (C=O) groups excluding carboxylic acids is 1. The number of methoxy groups -OCH3 is 1. The minimum Gasteiger partial charge on any atom is -0.496 e. The van der Waals surface area contributed by atoms with E-state index in [2.05, 4.69) is 20.8 Å². The molecule has 2 aromatic carbocycles. The van der Waals surface area contributed by atoms with E-state index in [9.17, 15) is 31.1 Å². The van der Waals surface area contributed by atoms with Crippen LogP contribution in [0.25, 0.3) is 0 Å².